The number of nitrogens with zero attached hydrogens (tertiary/aromatic N) is 3. The number of hydrogen-bond acceptors (Lipinski definition) is 4. The molecule has 1 fully saturated rings. The summed E-state index contributed by atoms with van der Waals surface area (Å²) in [6.07, 6.45) is 3.32. The van der Waals surface area contributed by atoms with Crippen LogP contribution in [0.5, 0.6) is 0 Å². The Hall–Kier alpha value is -2.99. The Morgan fingerprint density at radius 3 is 2.50 bits per heavy atom. The molecule has 30 heavy (non-hydrogen) atoms. The van der Waals surface area contributed by atoms with Gasteiger partial charge in [0.25, 0.3) is 5.56 Å². The average Bonchev–Trinajstić information content (AvgIpc) is 3.28. The first-order valence-corrected chi connectivity index (χ1v) is 10.6. The summed E-state index contributed by atoms with van der Waals surface area (Å²) in [7, 11) is 1.71. The highest BCUT2D eigenvalue weighted by atomic mass is 16.1. The molecule has 6 heteroatoms. The quantitative estimate of drug-likeness (QED) is 0.658. The highest BCUT2D eigenvalue weighted by Gasteiger charge is 2.12. The lowest BCUT2D eigenvalue weighted by molar-refractivity contribution is -0.121. The molecule has 6 nitrogen and oxygen atoms in total. The van der Waals surface area contributed by atoms with E-state index < -0.39 is 0 Å². The molecule has 0 aliphatic carbocycles. The summed E-state index contributed by atoms with van der Waals surface area (Å²) >= 11 is 0. The van der Waals surface area contributed by atoms with Crippen molar-refractivity contribution in [3.63, 3.8) is 0 Å². The average molecular weight is 405 g/mol. The highest BCUT2D eigenvalue weighted by molar-refractivity contribution is 5.78. The molecule has 2 aromatic carbocycles. The van der Waals surface area contributed by atoms with Crippen LogP contribution in [0, 0.1) is 0 Å². The van der Waals surface area contributed by atoms with Crippen molar-refractivity contribution in [3.05, 3.63) is 75.8 Å². The number of amides is 1. The molecule has 1 aromatic heterocycles. The van der Waals surface area contributed by atoms with E-state index in [4.69, 9.17) is 0 Å². The van der Waals surface area contributed by atoms with Crippen molar-refractivity contribution in [2.24, 2.45) is 7.05 Å². The normalized spacial score (nSPS) is 14.3. The molecule has 0 unspecified atom stereocenters. The smallest absolute Gasteiger partial charge is 0.261 e. The fourth-order valence-electron chi connectivity index (χ4n) is 3.96. The first-order valence-electron chi connectivity index (χ1n) is 10.6. The van der Waals surface area contributed by atoms with E-state index in [0.717, 1.165) is 12.1 Å². The molecule has 0 bridgehead atoms. The molecule has 1 amide bonds. The van der Waals surface area contributed by atoms with Crippen LogP contribution < -0.4 is 10.9 Å². The van der Waals surface area contributed by atoms with Crippen LogP contribution in [0.2, 0.25) is 0 Å². The van der Waals surface area contributed by atoms with Crippen LogP contribution in [0.15, 0.2) is 53.3 Å². The molecule has 1 N–H and O–H groups in total. The Balaban J connectivity index is 1.29. The van der Waals surface area contributed by atoms with E-state index in [1.807, 2.05) is 18.2 Å². The first-order chi connectivity index (χ1) is 14.6. The van der Waals surface area contributed by atoms with Crippen LogP contribution in [-0.2, 0) is 31.4 Å². The van der Waals surface area contributed by atoms with Crippen LogP contribution in [0.25, 0.3) is 10.9 Å². The Morgan fingerprint density at radius 1 is 1.03 bits per heavy atom. The molecule has 1 aliphatic rings. The van der Waals surface area contributed by atoms with Crippen LogP contribution in [0.3, 0.4) is 0 Å². The van der Waals surface area contributed by atoms with Gasteiger partial charge in [0.15, 0.2) is 0 Å². The molecule has 0 atom stereocenters. The monoisotopic (exact) mass is 404 g/mol. The standard InChI is InChI=1S/C24H28N4O2/c1-27-22(26-21-7-3-2-6-20(21)24(27)30)12-13-23(29)25-16-18-8-10-19(11-9-18)17-28-14-4-5-15-28/h2-3,6-11H,4-5,12-17H2,1H3,(H,25,29). The minimum atomic E-state index is -0.0787. The van der Waals surface area contributed by atoms with Gasteiger partial charge in [-0.15, -0.1) is 0 Å². The largest absolute Gasteiger partial charge is 0.352 e. The number of benzene rings is 2. The zero-order valence-electron chi connectivity index (χ0n) is 17.4. The third-order valence-corrected chi connectivity index (χ3v) is 5.77. The van der Waals surface area contributed by atoms with Gasteiger partial charge in [0.2, 0.25) is 5.91 Å². The van der Waals surface area contributed by atoms with Crippen molar-refractivity contribution in [2.45, 2.75) is 38.8 Å². The maximum Gasteiger partial charge on any atom is 0.261 e. The van der Waals surface area contributed by atoms with Gasteiger partial charge < -0.3 is 5.32 Å². The van der Waals surface area contributed by atoms with E-state index in [9.17, 15) is 9.59 Å². The summed E-state index contributed by atoms with van der Waals surface area (Å²) in [5, 5.41) is 3.57. The summed E-state index contributed by atoms with van der Waals surface area (Å²) in [5.41, 5.74) is 3.00. The minimum Gasteiger partial charge on any atom is -0.352 e. The molecule has 1 aliphatic heterocycles. The number of carbonyl (C=O) groups is 1. The maximum absolute atomic E-state index is 12.5. The second-order valence-corrected chi connectivity index (χ2v) is 7.99. The molecule has 0 radical (unpaired) electrons. The van der Waals surface area contributed by atoms with Gasteiger partial charge in [0.1, 0.15) is 5.82 Å². The van der Waals surface area contributed by atoms with Gasteiger partial charge in [-0.25, -0.2) is 4.98 Å². The fourth-order valence-corrected chi connectivity index (χ4v) is 3.96. The Labute approximate surface area is 176 Å². The third kappa shape index (κ3) is 4.76. The number of nitrogens with one attached hydrogen (secondary N) is 1. The Bertz CT molecular complexity index is 1080. The summed E-state index contributed by atoms with van der Waals surface area (Å²) in [4.78, 5) is 31.8. The third-order valence-electron chi connectivity index (χ3n) is 5.77. The SMILES string of the molecule is Cn1c(CCC(=O)NCc2ccc(CN3CCCC3)cc2)nc2ccccc2c1=O. The molecule has 0 spiro atoms. The lowest BCUT2D eigenvalue weighted by atomic mass is 10.1. The van der Waals surface area contributed by atoms with Gasteiger partial charge in [0.05, 0.1) is 10.9 Å². The predicted molar refractivity (Wildman–Crippen MR) is 118 cm³/mol. The molecule has 2 heterocycles. The number of aromatic nitrogens is 2. The highest BCUT2D eigenvalue weighted by Crippen LogP contribution is 2.13. The Morgan fingerprint density at radius 2 is 1.73 bits per heavy atom. The van der Waals surface area contributed by atoms with E-state index >= 15 is 0 Å². The predicted octanol–water partition coefficient (Wildman–Crippen LogP) is 2.78. The van der Waals surface area contributed by atoms with Crippen LogP contribution >= 0.6 is 0 Å². The molecule has 0 saturated carbocycles. The number of para-hydroxylation sites is 1. The number of likely N-dealkylation sites (tertiary alicyclic amines) is 1. The molecular weight excluding hydrogens is 376 g/mol. The van der Waals surface area contributed by atoms with Gasteiger partial charge in [0, 0.05) is 33.0 Å². The lowest BCUT2D eigenvalue weighted by Gasteiger charge is -2.14. The van der Waals surface area contributed by atoms with Gasteiger partial charge >= 0.3 is 0 Å². The van der Waals surface area contributed by atoms with Crippen LogP contribution in [0.4, 0.5) is 0 Å². The molecule has 1 saturated heterocycles. The number of hydrogen-bond donors (Lipinski definition) is 1. The van der Waals surface area contributed by atoms with E-state index in [0.29, 0.717) is 36.1 Å². The van der Waals surface area contributed by atoms with Gasteiger partial charge in [-0.2, -0.15) is 0 Å². The van der Waals surface area contributed by atoms with Crippen molar-refractivity contribution in [1.29, 1.82) is 0 Å². The van der Waals surface area contributed by atoms with E-state index in [1.165, 1.54) is 36.1 Å². The molecular formula is C24H28N4O2. The topological polar surface area (TPSA) is 67.2 Å². The van der Waals surface area contributed by atoms with E-state index in [-0.39, 0.29) is 11.5 Å². The van der Waals surface area contributed by atoms with Crippen molar-refractivity contribution in [1.82, 2.24) is 19.8 Å². The van der Waals surface area contributed by atoms with Crippen molar-refractivity contribution in [3.8, 4) is 0 Å². The summed E-state index contributed by atoms with van der Waals surface area (Å²) in [6, 6.07) is 15.8. The lowest BCUT2D eigenvalue weighted by Crippen LogP contribution is -2.26. The molecule has 3 aromatic rings. The fraction of sp³-hybridized carbons (Fsp3) is 0.375. The van der Waals surface area contributed by atoms with Gasteiger partial charge in [-0.05, 0) is 49.2 Å². The zero-order chi connectivity index (χ0) is 20.9. The van der Waals surface area contributed by atoms with Crippen LogP contribution in [0.1, 0.15) is 36.2 Å². The number of fused-ring (bicyclic) bond motifs is 1. The minimum absolute atomic E-state index is 0.0430. The van der Waals surface area contributed by atoms with Crippen molar-refractivity contribution < 1.29 is 4.79 Å². The van der Waals surface area contributed by atoms with Crippen LogP contribution in [-0.4, -0.2) is 33.4 Å². The zero-order valence-corrected chi connectivity index (χ0v) is 17.4. The van der Waals surface area contributed by atoms with E-state index in [2.05, 4.69) is 39.5 Å². The van der Waals surface area contributed by atoms with Gasteiger partial charge in [-0.3, -0.25) is 19.1 Å². The summed E-state index contributed by atoms with van der Waals surface area (Å²) < 4.78 is 1.54. The van der Waals surface area contributed by atoms with E-state index in [1.54, 1.807) is 13.1 Å². The maximum atomic E-state index is 12.5. The van der Waals surface area contributed by atoms with Crippen molar-refractivity contribution >= 4 is 16.8 Å². The summed E-state index contributed by atoms with van der Waals surface area (Å²) in [6.45, 7) is 3.89. The first kappa shape index (κ1) is 20.3. The molecule has 156 valence electrons. The number of carbonyl (C=O) groups excluding carboxylic acids is 1. The molecule has 4 rings (SSSR count). The second-order valence-electron chi connectivity index (χ2n) is 7.99. The number of aryl methyl sites for hydroxylation is 1. The van der Waals surface area contributed by atoms with Crippen molar-refractivity contribution in [2.75, 3.05) is 13.1 Å². The number of rotatable bonds is 7. The summed E-state index contributed by atoms with van der Waals surface area (Å²) in [5.74, 6) is 0.582. The second kappa shape index (κ2) is 9.22. The Kier molecular flexibility index (Phi) is 6.23. The van der Waals surface area contributed by atoms with Gasteiger partial charge in [-0.1, -0.05) is 36.4 Å².